The maximum Gasteiger partial charge on any atom is 0.327 e. The standard InChI is InChI=1S/C16H17NO4S/c1-12-8-10-15(11-9-12)22(20,21)17(13(2)16(18)19)14-6-4-3-5-7-14/h3-11,13H,1-2H3,(H,18,19). The van der Waals surface area contributed by atoms with Crippen LogP contribution in [0.5, 0.6) is 0 Å². The molecule has 1 N–H and O–H groups in total. The zero-order chi connectivity index (χ0) is 16.3. The normalized spacial score (nSPS) is 12.6. The summed E-state index contributed by atoms with van der Waals surface area (Å²) in [6.07, 6.45) is 0. The molecule has 0 aliphatic heterocycles. The van der Waals surface area contributed by atoms with E-state index >= 15 is 0 Å². The van der Waals surface area contributed by atoms with E-state index in [1.54, 1.807) is 42.5 Å². The van der Waals surface area contributed by atoms with Crippen molar-refractivity contribution in [1.29, 1.82) is 0 Å². The second-order valence-corrected chi connectivity index (χ2v) is 6.78. The Morgan fingerprint density at radius 2 is 1.59 bits per heavy atom. The first kappa shape index (κ1) is 16.0. The van der Waals surface area contributed by atoms with E-state index < -0.39 is 22.0 Å². The molecule has 0 saturated heterocycles. The number of carboxylic acid groups (broad SMARTS) is 1. The van der Waals surface area contributed by atoms with E-state index in [9.17, 15) is 18.3 Å². The van der Waals surface area contributed by atoms with Crippen LogP contribution in [0.1, 0.15) is 12.5 Å². The summed E-state index contributed by atoms with van der Waals surface area (Å²) in [5, 5.41) is 9.26. The van der Waals surface area contributed by atoms with Crippen LogP contribution in [-0.4, -0.2) is 25.5 Å². The summed E-state index contributed by atoms with van der Waals surface area (Å²) in [4.78, 5) is 11.4. The number of carbonyl (C=O) groups is 1. The van der Waals surface area contributed by atoms with Crippen LogP contribution < -0.4 is 4.31 Å². The van der Waals surface area contributed by atoms with Crippen LogP contribution in [0.4, 0.5) is 5.69 Å². The van der Waals surface area contributed by atoms with Crippen molar-refractivity contribution in [2.24, 2.45) is 0 Å². The van der Waals surface area contributed by atoms with Gasteiger partial charge in [-0.25, -0.2) is 13.2 Å². The van der Waals surface area contributed by atoms with Gasteiger partial charge in [0.05, 0.1) is 10.6 Å². The molecule has 22 heavy (non-hydrogen) atoms. The number of rotatable bonds is 5. The van der Waals surface area contributed by atoms with E-state index in [0.29, 0.717) is 5.69 Å². The summed E-state index contributed by atoms with van der Waals surface area (Å²) in [6, 6.07) is 13.3. The highest BCUT2D eigenvalue weighted by atomic mass is 32.2. The molecular formula is C16H17NO4S. The molecule has 5 nitrogen and oxygen atoms in total. The van der Waals surface area contributed by atoms with Crippen molar-refractivity contribution >= 4 is 21.7 Å². The highest BCUT2D eigenvalue weighted by molar-refractivity contribution is 7.92. The fourth-order valence-electron chi connectivity index (χ4n) is 2.07. The number of hydrogen-bond acceptors (Lipinski definition) is 3. The van der Waals surface area contributed by atoms with Gasteiger partial charge in [-0.05, 0) is 38.1 Å². The van der Waals surface area contributed by atoms with Crippen molar-refractivity contribution in [3.63, 3.8) is 0 Å². The molecule has 116 valence electrons. The summed E-state index contributed by atoms with van der Waals surface area (Å²) >= 11 is 0. The van der Waals surface area contributed by atoms with Crippen LogP contribution in [0, 0.1) is 6.92 Å². The average molecular weight is 319 g/mol. The van der Waals surface area contributed by atoms with Gasteiger partial charge in [-0.15, -0.1) is 0 Å². The van der Waals surface area contributed by atoms with E-state index in [0.717, 1.165) is 9.87 Å². The highest BCUT2D eigenvalue weighted by Crippen LogP contribution is 2.26. The van der Waals surface area contributed by atoms with Gasteiger partial charge in [-0.2, -0.15) is 0 Å². The minimum atomic E-state index is -3.96. The molecule has 0 aliphatic carbocycles. The molecule has 0 heterocycles. The number of aryl methyl sites for hydroxylation is 1. The lowest BCUT2D eigenvalue weighted by atomic mass is 10.2. The lowest BCUT2D eigenvalue weighted by molar-refractivity contribution is -0.137. The summed E-state index contributed by atoms with van der Waals surface area (Å²) in [5.74, 6) is -1.21. The van der Waals surface area contributed by atoms with Gasteiger partial charge in [-0.3, -0.25) is 4.31 Å². The number of benzene rings is 2. The second-order valence-electron chi connectivity index (χ2n) is 4.96. The molecule has 2 aromatic carbocycles. The number of para-hydroxylation sites is 1. The molecule has 0 aliphatic rings. The maximum absolute atomic E-state index is 12.9. The van der Waals surface area contributed by atoms with Crippen molar-refractivity contribution in [2.75, 3.05) is 4.31 Å². The highest BCUT2D eigenvalue weighted by Gasteiger charge is 2.33. The van der Waals surface area contributed by atoms with E-state index in [4.69, 9.17) is 0 Å². The molecule has 2 rings (SSSR count). The molecule has 0 fully saturated rings. The minimum Gasteiger partial charge on any atom is -0.480 e. The Balaban J connectivity index is 2.58. The second kappa shape index (κ2) is 6.19. The third kappa shape index (κ3) is 3.12. The van der Waals surface area contributed by atoms with Crippen molar-refractivity contribution < 1.29 is 18.3 Å². The Hall–Kier alpha value is -2.34. The first-order chi connectivity index (χ1) is 10.3. The van der Waals surface area contributed by atoms with Crippen LogP contribution in [0.25, 0.3) is 0 Å². The number of hydrogen-bond donors (Lipinski definition) is 1. The molecule has 2 aromatic rings. The van der Waals surface area contributed by atoms with E-state index in [-0.39, 0.29) is 4.90 Å². The van der Waals surface area contributed by atoms with Gasteiger partial charge < -0.3 is 5.11 Å². The largest absolute Gasteiger partial charge is 0.480 e. The average Bonchev–Trinajstić information content (AvgIpc) is 2.48. The van der Waals surface area contributed by atoms with Crippen molar-refractivity contribution in [3.8, 4) is 0 Å². The van der Waals surface area contributed by atoms with Gasteiger partial charge in [0, 0.05) is 0 Å². The van der Waals surface area contributed by atoms with Gasteiger partial charge in [0.25, 0.3) is 10.0 Å². The Morgan fingerprint density at radius 1 is 1.05 bits per heavy atom. The molecule has 0 amide bonds. The number of sulfonamides is 1. The van der Waals surface area contributed by atoms with E-state index in [1.807, 2.05) is 6.92 Å². The maximum atomic E-state index is 12.9. The molecular weight excluding hydrogens is 302 g/mol. The SMILES string of the molecule is Cc1ccc(S(=O)(=O)N(c2ccccc2)C(C)C(=O)O)cc1. The Morgan fingerprint density at radius 3 is 2.09 bits per heavy atom. The van der Waals surface area contributed by atoms with Crippen LogP contribution >= 0.6 is 0 Å². The smallest absolute Gasteiger partial charge is 0.327 e. The quantitative estimate of drug-likeness (QED) is 0.919. The third-order valence-corrected chi connectivity index (χ3v) is 5.21. The van der Waals surface area contributed by atoms with Crippen LogP contribution in [-0.2, 0) is 14.8 Å². The third-order valence-electron chi connectivity index (χ3n) is 3.30. The number of aliphatic carboxylic acids is 1. The van der Waals surface area contributed by atoms with Gasteiger partial charge >= 0.3 is 5.97 Å². The number of anilines is 1. The molecule has 0 bridgehead atoms. The minimum absolute atomic E-state index is 0.0649. The molecule has 6 heteroatoms. The van der Waals surface area contributed by atoms with Gasteiger partial charge in [0.2, 0.25) is 0 Å². The lowest BCUT2D eigenvalue weighted by Gasteiger charge is -2.28. The monoisotopic (exact) mass is 319 g/mol. The predicted octanol–water partition coefficient (Wildman–Crippen LogP) is 2.66. The zero-order valence-electron chi connectivity index (χ0n) is 12.3. The number of nitrogens with zero attached hydrogens (tertiary/aromatic N) is 1. The topological polar surface area (TPSA) is 74.7 Å². The van der Waals surface area contributed by atoms with E-state index in [1.165, 1.54) is 19.1 Å². The molecule has 0 radical (unpaired) electrons. The molecule has 1 atom stereocenters. The Labute approximate surface area is 129 Å². The van der Waals surface area contributed by atoms with Gasteiger partial charge in [0.1, 0.15) is 6.04 Å². The lowest BCUT2D eigenvalue weighted by Crippen LogP contribution is -2.43. The van der Waals surface area contributed by atoms with Crippen molar-refractivity contribution in [3.05, 3.63) is 60.2 Å². The summed E-state index contributed by atoms with van der Waals surface area (Å²) in [6.45, 7) is 3.20. The molecule has 0 spiro atoms. The number of carboxylic acids is 1. The summed E-state index contributed by atoms with van der Waals surface area (Å²) < 4.78 is 26.6. The predicted molar refractivity (Wildman–Crippen MR) is 84.4 cm³/mol. The fraction of sp³-hybridized carbons (Fsp3) is 0.188. The van der Waals surface area contributed by atoms with Crippen LogP contribution in [0.2, 0.25) is 0 Å². The van der Waals surface area contributed by atoms with Gasteiger partial charge in [-0.1, -0.05) is 35.9 Å². The first-order valence-electron chi connectivity index (χ1n) is 6.73. The van der Waals surface area contributed by atoms with Crippen molar-refractivity contribution in [1.82, 2.24) is 0 Å². The first-order valence-corrected chi connectivity index (χ1v) is 8.17. The van der Waals surface area contributed by atoms with Gasteiger partial charge in [0.15, 0.2) is 0 Å². The van der Waals surface area contributed by atoms with Crippen LogP contribution in [0.15, 0.2) is 59.5 Å². The summed E-state index contributed by atoms with van der Waals surface area (Å²) in [7, 11) is -3.96. The Bertz CT molecular complexity index is 754. The molecule has 0 saturated carbocycles. The Kier molecular flexibility index (Phi) is 4.51. The fourth-order valence-corrected chi connectivity index (χ4v) is 3.68. The molecule has 0 aromatic heterocycles. The summed E-state index contributed by atoms with van der Waals surface area (Å²) in [5.41, 5.74) is 1.24. The molecule has 1 unspecified atom stereocenters. The van der Waals surface area contributed by atoms with Crippen molar-refractivity contribution in [2.45, 2.75) is 24.8 Å². The van der Waals surface area contributed by atoms with E-state index in [2.05, 4.69) is 0 Å². The zero-order valence-corrected chi connectivity index (χ0v) is 13.1. The van der Waals surface area contributed by atoms with Crippen LogP contribution in [0.3, 0.4) is 0 Å².